The predicted octanol–water partition coefficient (Wildman–Crippen LogP) is 6.17. The van der Waals surface area contributed by atoms with Crippen molar-refractivity contribution in [1.29, 1.82) is 0 Å². The minimum Gasteiger partial charge on any atom is -0.444 e. The number of amides is 1. The Labute approximate surface area is 210 Å². The first-order valence-electron chi connectivity index (χ1n) is 11.9. The van der Waals surface area contributed by atoms with Crippen LogP contribution in [-0.2, 0) is 19.8 Å². The molecule has 2 unspecified atom stereocenters. The largest absolute Gasteiger partial charge is 0.444 e. The van der Waals surface area contributed by atoms with Gasteiger partial charge < -0.3 is 14.2 Å². The molecule has 2 aromatic rings. The van der Waals surface area contributed by atoms with Gasteiger partial charge in [0, 0.05) is 24.9 Å². The van der Waals surface area contributed by atoms with Gasteiger partial charge in [-0.15, -0.1) is 5.10 Å². The summed E-state index contributed by atoms with van der Waals surface area (Å²) >= 11 is 0. The van der Waals surface area contributed by atoms with Crippen LogP contribution in [-0.4, -0.2) is 40.3 Å². The smallest absolute Gasteiger partial charge is 0.435 e. The zero-order valence-electron chi connectivity index (χ0n) is 22.1. The second-order valence-electron chi connectivity index (χ2n) is 11.1. The van der Waals surface area contributed by atoms with Crippen molar-refractivity contribution in [3.05, 3.63) is 41.2 Å². The van der Waals surface area contributed by atoms with E-state index in [1.165, 1.54) is 19.4 Å². The number of rotatable bonds is 3. The van der Waals surface area contributed by atoms with Crippen LogP contribution in [0.4, 0.5) is 18.4 Å². The van der Waals surface area contributed by atoms with E-state index in [1.807, 2.05) is 6.92 Å². The molecule has 2 atom stereocenters. The van der Waals surface area contributed by atoms with Gasteiger partial charge in [0.1, 0.15) is 22.6 Å². The van der Waals surface area contributed by atoms with Gasteiger partial charge >= 0.3 is 12.2 Å². The number of methoxy groups -OCH3 is 1. The second kappa shape index (κ2) is 9.80. The molecule has 0 saturated heterocycles. The highest BCUT2D eigenvalue weighted by atomic mass is 19.1. The normalized spacial score (nSPS) is 22.1. The Kier molecular flexibility index (Phi) is 7.51. The van der Waals surface area contributed by atoms with Crippen molar-refractivity contribution in [1.82, 2.24) is 15.1 Å². The Morgan fingerprint density at radius 3 is 2.36 bits per heavy atom. The SMILES string of the molecule is COC1(c2cc(F)cc3c2c(F)nn3C(=O)OC(C)(C)C)/C(=C/NC(=O)OC(C)(C)C)CCCC1C. The van der Waals surface area contributed by atoms with Crippen molar-refractivity contribution in [3.63, 3.8) is 0 Å². The maximum absolute atomic E-state index is 15.4. The van der Waals surface area contributed by atoms with Crippen LogP contribution < -0.4 is 5.32 Å². The van der Waals surface area contributed by atoms with Crippen LogP contribution in [0.1, 0.15) is 73.3 Å². The molecule has 1 aliphatic rings. The fourth-order valence-electron chi connectivity index (χ4n) is 4.72. The monoisotopic (exact) mass is 507 g/mol. The first-order chi connectivity index (χ1) is 16.6. The molecule has 1 heterocycles. The minimum absolute atomic E-state index is 0.0546. The molecule has 1 saturated carbocycles. The summed E-state index contributed by atoms with van der Waals surface area (Å²) in [6, 6.07) is 2.23. The summed E-state index contributed by atoms with van der Waals surface area (Å²) in [7, 11) is 1.45. The van der Waals surface area contributed by atoms with E-state index in [9.17, 15) is 9.59 Å². The lowest BCUT2D eigenvalue weighted by atomic mass is 9.68. The van der Waals surface area contributed by atoms with Gasteiger partial charge in [0.25, 0.3) is 0 Å². The molecule has 0 bridgehead atoms. The fourth-order valence-corrected chi connectivity index (χ4v) is 4.72. The van der Waals surface area contributed by atoms with Gasteiger partial charge in [-0.05, 0) is 78.4 Å². The quantitative estimate of drug-likeness (QED) is 0.534. The van der Waals surface area contributed by atoms with Crippen LogP contribution in [0.25, 0.3) is 10.9 Å². The van der Waals surface area contributed by atoms with Gasteiger partial charge in [0.05, 0.1) is 10.9 Å². The molecule has 0 radical (unpaired) electrons. The number of alkyl carbamates (subject to hydrolysis) is 1. The van der Waals surface area contributed by atoms with Crippen LogP contribution in [0, 0.1) is 17.7 Å². The molecule has 0 spiro atoms. The summed E-state index contributed by atoms with van der Waals surface area (Å²) in [5.41, 5.74) is -2.14. The highest BCUT2D eigenvalue weighted by Crippen LogP contribution is 2.50. The average Bonchev–Trinajstić information content (AvgIpc) is 3.06. The van der Waals surface area contributed by atoms with Crippen LogP contribution in [0.2, 0.25) is 0 Å². The molecule has 36 heavy (non-hydrogen) atoms. The Bertz CT molecular complexity index is 1190. The molecule has 1 aromatic carbocycles. The number of nitrogens with one attached hydrogen (secondary N) is 1. The molecule has 3 rings (SSSR count). The maximum atomic E-state index is 15.4. The number of carbonyl (C=O) groups is 2. The van der Waals surface area contributed by atoms with Crippen molar-refractivity contribution < 1.29 is 32.6 Å². The van der Waals surface area contributed by atoms with Crippen LogP contribution in [0.3, 0.4) is 0 Å². The van der Waals surface area contributed by atoms with E-state index >= 15 is 8.78 Å². The predicted molar refractivity (Wildman–Crippen MR) is 130 cm³/mol. The van der Waals surface area contributed by atoms with Gasteiger partial charge in [-0.3, -0.25) is 5.32 Å². The zero-order valence-corrected chi connectivity index (χ0v) is 22.1. The lowest BCUT2D eigenvalue weighted by molar-refractivity contribution is -0.0425. The van der Waals surface area contributed by atoms with Crippen LogP contribution in [0.5, 0.6) is 0 Å². The number of hydrogen-bond acceptors (Lipinski definition) is 6. The van der Waals surface area contributed by atoms with Gasteiger partial charge in [0.2, 0.25) is 5.95 Å². The number of ether oxygens (including phenoxy) is 3. The molecule has 1 aromatic heterocycles. The summed E-state index contributed by atoms with van der Waals surface area (Å²) in [4.78, 5) is 25.1. The van der Waals surface area contributed by atoms with Crippen molar-refractivity contribution in [2.24, 2.45) is 5.92 Å². The molecule has 1 fully saturated rings. The van der Waals surface area contributed by atoms with Crippen LogP contribution >= 0.6 is 0 Å². The van der Waals surface area contributed by atoms with Crippen molar-refractivity contribution in [3.8, 4) is 0 Å². The summed E-state index contributed by atoms with van der Waals surface area (Å²) in [5, 5.41) is 6.32. The highest BCUT2D eigenvalue weighted by Gasteiger charge is 2.46. The zero-order chi connectivity index (χ0) is 27.1. The Hall–Kier alpha value is -3.01. The van der Waals surface area contributed by atoms with Crippen LogP contribution in [0.15, 0.2) is 23.9 Å². The number of nitrogens with zero attached hydrogens (tertiary/aromatic N) is 2. The lowest BCUT2D eigenvalue weighted by Crippen LogP contribution is -2.42. The minimum atomic E-state index is -1.30. The first-order valence-corrected chi connectivity index (χ1v) is 11.9. The third-order valence-corrected chi connectivity index (χ3v) is 6.01. The van der Waals surface area contributed by atoms with Crippen molar-refractivity contribution in [2.45, 2.75) is 84.5 Å². The van der Waals surface area contributed by atoms with Gasteiger partial charge in [0.15, 0.2) is 0 Å². The molecule has 8 nitrogen and oxygen atoms in total. The van der Waals surface area contributed by atoms with Gasteiger partial charge in [-0.2, -0.15) is 9.07 Å². The lowest BCUT2D eigenvalue weighted by Gasteiger charge is -2.44. The summed E-state index contributed by atoms with van der Waals surface area (Å²) in [5.74, 6) is -1.88. The number of benzene rings is 1. The molecule has 1 aliphatic carbocycles. The summed E-state index contributed by atoms with van der Waals surface area (Å²) < 4.78 is 47.8. The Morgan fingerprint density at radius 2 is 1.78 bits per heavy atom. The highest BCUT2D eigenvalue weighted by molar-refractivity contribution is 5.91. The summed E-state index contributed by atoms with van der Waals surface area (Å²) in [6.07, 6.45) is 1.89. The van der Waals surface area contributed by atoms with E-state index < -0.39 is 40.8 Å². The molecular formula is C26H35F2N3O5. The third-order valence-electron chi connectivity index (χ3n) is 6.01. The maximum Gasteiger partial charge on any atom is 0.435 e. The Balaban J connectivity index is 2.20. The number of carbonyl (C=O) groups excluding carboxylic acids is 2. The van der Waals surface area contributed by atoms with E-state index in [1.54, 1.807) is 41.5 Å². The van der Waals surface area contributed by atoms with Gasteiger partial charge in [-0.1, -0.05) is 6.92 Å². The Morgan fingerprint density at radius 1 is 1.14 bits per heavy atom. The van der Waals surface area contributed by atoms with E-state index in [0.717, 1.165) is 17.2 Å². The fraction of sp³-hybridized carbons (Fsp3) is 0.577. The number of halogens is 2. The molecule has 1 N–H and O–H groups in total. The van der Waals surface area contributed by atoms with E-state index in [2.05, 4.69) is 10.4 Å². The number of fused-ring (bicyclic) bond motifs is 1. The molecule has 10 heteroatoms. The number of hydrogen-bond donors (Lipinski definition) is 1. The first kappa shape index (κ1) is 27.6. The van der Waals surface area contributed by atoms with Crippen molar-refractivity contribution in [2.75, 3.05) is 7.11 Å². The molecule has 198 valence electrons. The standard InChI is InChI=1S/C26H35F2N3O5/c1-15-10-9-11-16(14-29-22(32)35-24(2,3)4)26(15,34-8)18-12-17(27)13-19-20(18)21(28)30-31(19)23(33)36-25(5,6)7/h12-15H,9-11H2,1-8H3,(H,29,32)/b16-14+. The van der Waals surface area contributed by atoms with Crippen molar-refractivity contribution >= 4 is 23.1 Å². The topological polar surface area (TPSA) is 91.7 Å². The van der Waals surface area contributed by atoms with E-state index in [-0.39, 0.29) is 22.4 Å². The molecule has 0 aliphatic heterocycles. The number of aromatic nitrogens is 2. The molecular weight excluding hydrogens is 472 g/mol. The van der Waals surface area contributed by atoms with Gasteiger partial charge in [-0.25, -0.2) is 14.0 Å². The third kappa shape index (κ3) is 5.53. The summed E-state index contributed by atoms with van der Waals surface area (Å²) in [6.45, 7) is 12.1. The average molecular weight is 508 g/mol. The molecule has 1 amide bonds. The van der Waals surface area contributed by atoms with E-state index in [0.29, 0.717) is 18.4 Å². The second-order valence-corrected chi connectivity index (χ2v) is 11.1. The van der Waals surface area contributed by atoms with E-state index in [4.69, 9.17) is 14.2 Å².